The van der Waals surface area contributed by atoms with Crippen LogP contribution in [0.15, 0.2) is 30.3 Å². The molecule has 1 aromatic rings. The summed E-state index contributed by atoms with van der Waals surface area (Å²) in [5.41, 5.74) is 0.667. The molecule has 3 rings (SSSR count). The lowest BCUT2D eigenvalue weighted by Crippen LogP contribution is -2.61. The van der Waals surface area contributed by atoms with E-state index in [1.807, 2.05) is 18.2 Å². The Balaban J connectivity index is 1.79. The largest absolute Gasteiger partial charge is 0.468 e. The molecule has 0 saturated carbocycles. The highest BCUT2D eigenvalue weighted by Gasteiger charge is 2.53. The molecule has 0 bridgehead atoms. The second kappa shape index (κ2) is 6.16. The first-order chi connectivity index (χ1) is 10.3. The summed E-state index contributed by atoms with van der Waals surface area (Å²) in [6.45, 7) is 2.80. The molecule has 4 heteroatoms. The molecule has 1 aromatic carbocycles. The standard InChI is InChI=1S/C17H24N2O2/c1-21-16(20)17(18-13-14-7-3-2-4-8-14)10-12-19-11-6-5-9-15(17)19/h2-4,7-8,15,18H,5-6,9-13H2,1H3. The number of nitrogens with zero attached hydrogens (tertiary/aromatic N) is 1. The third-order valence-corrected chi connectivity index (χ3v) is 4.98. The fraction of sp³-hybridized carbons (Fsp3) is 0.588. The van der Waals surface area contributed by atoms with Crippen LogP contribution in [-0.2, 0) is 16.1 Å². The third-order valence-electron chi connectivity index (χ3n) is 4.98. The molecular weight excluding hydrogens is 264 g/mol. The Kier molecular flexibility index (Phi) is 4.27. The van der Waals surface area contributed by atoms with Gasteiger partial charge in [-0.05, 0) is 31.4 Å². The number of methoxy groups -OCH3 is 1. The number of esters is 1. The molecule has 4 nitrogen and oxygen atoms in total. The molecule has 114 valence electrons. The molecule has 0 aromatic heterocycles. The average molecular weight is 288 g/mol. The molecule has 0 amide bonds. The Morgan fingerprint density at radius 2 is 2.14 bits per heavy atom. The molecule has 0 aliphatic carbocycles. The second-order valence-electron chi connectivity index (χ2n) is 6.10. The molecule has 2 saturated heterocycles. The number of carbonyl (C=O) groups excluding carboxylic acids is 1. The Bertz CT molecular complexity index is 491. The Morgan fingerprint density at radius 1 is 1.33 bits per heavy atom. The van der Waals surface area contributed by atoms with Crippen molar-refractivity contribution in [3.63, 3.8) is 0 Å². The summed E-state index contributed by atoms with van der Waals surface area (Å²) in [6.07, 6.45) is 4.37. The first-order valence-electron chi connectivity index (χ1n) is 7.88. The molecule has 2 aliphatic rings. The monoisotopic (exact) mass is 288 g/mol. The number of carbonyl (C=O) groups is 1. The van der Waals surface area contributed by atoms with Gasteiger partial charge in [0.25, 0.3) is 0 Å². The number of hydrogen-bond acceptors (Lipinski definition) is 4. The van der Waals surface area contributed by atoms with Crippen molar-refractivity contribution in [2.24, 2.45) is 0 Å². The van der Waals surface area contributed by atoms with E-state index in [2.05, 4.69) is 22.3 Å². The highest BCUT2D eigenvalue weighted by molar-refractivity contribution is 5.82. The van der Waals surface area contributed by atoms with Crippen LogP contribution in [0.1, 0.15) is 31.2 Å². The Labute approximate surface area is 126 Å². The molecule has 2 atom stereocenters. The lowest BCUT2D eigenvalue weighted by molar-refractivity contribution is -0.150. The maximum Gasteiger partial charge on any atom is 0.327 e. The molecule has 1 N–H and O–H groups in total. The van der Waals surface area contributed by atoms with Gasteiger partial charge in [-0.25, -0.2) is 4.79 Å². The summed E-state index contributed by atoms with van der Waals surface area (Å²) in [4.78, 5) is 15.0. The van der Waals surface area contributed by atoms with Gasteiger partial charge < -0.3 is 4.74 Å². The minimum absolute atomic E-state index is 0.104. The van der Waals surface area contributed by atoms with Crippen LogP contribution < -0.4 is 5.32 Å². The van der Waals surface area contributed by atoms with Crippen molar-refractivity contribution in [1.29, 1.82) is 0 Å². The summed E-state index contributed by atoms with van der Waals surface area (Å²) in [7, 11) is 1.50. The van der Waals surface area contributed by atoms with Crippen LogP contribution in [0, 0.1) is 0 Å². The van der Waals surface area contributed by atoms with Crippen LogP contribution in [0.5, 0.6) is 0 Å². The van der Waals surface area contributed by atoms with E-state index in [4.69, 9.17) is 4.74 Å². The Hall–Kier alpha value is -1.39. The molecule has 2 heterocycles. The minimum atomic E-state index is -0.537. The molecule has 0 radical (unpaired) electrons. The van der Waals surface area contributed by atoms with E-state index in [1.54, 1.807) is 0 Å². The van der Waals surface area contributed by atoms with Crippen LogP contribution in [0.4, 0.5) is 0 Å². The molecule has 2 aliphatic heterocycles. The van der Waals surface area contributed by atoms with Crippen LogP contribution >= 0.6 is 0 Å². The normalized spacial score (nSPS) is 29.1. The summed E-state index contributed by atoms with van der Waals surface area (Å²) >= 11 is 0. The molecular formula is C17H24N2O2. The zero-order valence-electron chi connectivity index (χ0n) is 12.7. The van der Waals surface area contributed by atoms with E-state index >= 15 is 0 Å². The summed E-state index contributed by atoms with van der Waals surface area (Å²) in [6, 6.07) is 10.5. The van der Waals surface area contributed by atoms with Crippen molar-refractivity contribution in [2.45, 2.75) is 43.8 Å². The van der Waals surface area contributed by atoms with E-state index in [-0.39, 0.29) is 12.0 Å². The van der Waals surface area contributed by atoms with Gasteiger partial charge in [-0.15, -0.1) is 0 Å². The number of piperidine rings is 1. The molecule has 0 spiro atoms. The van der Waals surface area contributed by atoms with Gasteiger partial charge in [-0.2, -0.15) is 0 Å². The highest BCUT2D eigenvalue weighted by atomic mass is 16.5. The van der Waals surface area contributed by atoms with Gasteiger partial charge in [-0.1, -0.05) is 36.8 Å². The number of nitrogens with one attached hydrogen (secondary N) is 1. The Morgan fingerprint density at radius 3 is 2.90 bits per heavy atom. The van der Waals surface area contributed by atoms with E-state index in [0.717, 1.165) is 25.9 Å². The minimum Gasteiger partial charge on any atom is -0.468 e. The fourth-order valence-corrected chi connectivity index (χ4v) is 3.86. The topological polar surface area (TPSA) is 41.6 Å². The lowest BCUT2D eigenvalue weighted by atomic mass is 9.85. The predicted molar refractivity (Wildman–Crippen MR) is 81.9 cm³/mol. The van der Waals surface area contributed by atoms with Crippen molar-refractivity contribution in [1.82, 2.24) is 10.2 Å². The van der Waals surface area contributed by atoms with Crippen molar-refractivity contribution in [3.8, 4) is 0 Å². The zero-order valence-corrected chi connectivity index (χ0v) is 12.7. The van der Waals surface area contributed by atoms with Crippen molar-refractivity contribution in [3.05, 3.63) is 35.9 Å². The highest BCUT2D eigenvalue weighted by Crippen LogP contribution is 2.36. The lowest BCUT2D eigenvalue weighted by Gasteiger charge is -2.39. The van der Waals surface area contributed by atoms with Crippen LogP contribution in [0.25, 0.3) is 0 Å². The maximum atomic E-state index is 12.5. The maximum absolute atomic E-state index is 12.5. The zero-order chi connectivity index (χ0) is 14.7. The predicted octanol–water partition coefficient (Wildman–Crippen LogP) is 1.95. The van der Waals surface area contributed by atoms with Gasteiger partial charge in [0.1, 0.15) is 5.54 Å². The molecule has 21 heavy (non-hydrogen) atoms. The first kappa shape index (κ1) is 14.5. The number of hydrogen-bond donors (Lipinski definition) is 1. The summed E-state index contributed by atoms with van der Waals surface area (Å²) in [5.74, 6) is -0.104. The number of fused-ring (bicyclic) bond motifs is 1. The summed E-state index contributed by atoms with van der Waals surface area (Å²) in [5, 5.41) is 3.55. The number of ether oxygens (including phenoxy) is 1. The van der Waals surface area contributed by atoms with E-state index in [9.17, 15) is 4.79 Å². The fourth-order valence-electron chi connectivity index (χ4n) is 3.86. The van der Waals surface area contributed by atoms with Crippen LogP contribution in [0.2, 0.25) is 0 Å². The quantitative estimate of drug-likeness (QED) is 0.860. The van der Waals surface area contributed by atoms with Gasteiger partial charge in [0.15, 0.2) is 0 Å². The van der Waals surface area contributed by atoms with Gasteiger partial charge >= 0.3 is 5.97 Å². The average Bonchev–Trinajstić information content (AvgIpc) is 2.93. The molecule has 2 unspecified atom stereocenters. The van der Waals surface area contributed by atoms with Crippen LogP contribution in [0.3, 0.4) is 0 Å². The van der Waals surface area contributed by atoms with Gasteiger partial charge in [0, 0.05) is 19.1 Å². The van der Waals surface area contributed by atoms with Crippen molar-refractivity contribution >= 4 is 5.97 Å². The molecule has 2 fully saturated rings. The van der Waals surface area contributed by atoms with Crippen LogP contribution in [-0.4, -0.2) is 42.6 Å². The smallest absolute Gasteiger partial charge is 0.327 e. The summed E-state index contributed by atoms with van der Waals surface area (Å²) < 4.78 is 5.15. The van der Waals surface area contributed by atoms with E-state index in [0.29, 0.717) is 6.54 Å². The van der Waals surface area contributed by atoms with Gasteiger partial charge in [0.2, 0.25) is 0 Å². The van der Waals surface area contributed by atoms with Crippen molar-refractivity contribution < 1.29 is 9.53 Å². The SMILES string of the molecule is COC(=O)C1(NCc2ccccc2)CCN2CCCCC21. The third kappa shape index (κ3) is 2.70. The number of rotatable bonds is 4. The van der Waals surface area contributed by atoms with Gasteiger partial charge in [-0.3, -0.25) is 10.2 Å². The first-order valence-corrected chi connectivity index (χ1v) is 7.88. The number of benzene rings is 1. The second-order valence-corrected chi connectivity index (χ2v) is 6.10. The van der Waals surface area contributed by atoms with E-state index in [1.165, 1.54) is 25.5 Å². The van der Waals surface area contributed by atoms with Gasteiger partial charge in [0.05, 0.1) is 7.11 Å². The van der Waals surface area contributed by atoms with Crippen molar-refractivity contribution in [2.75, 3.05) is 20.2 Å². The van der Waals surface area contributed by atoms with E-state index < -0.39 is 5.54 Å².